The van der Waals surface area contributed by atoms with Gasteiger partial charge in [-0.3, -0.25) is 0 Å². The molecular formula is C30H34N2O5S. The van der Waals surface area contributed by atoms with Crippen LogP contribution in [0.15, 0.2) is 77.8 Å². The van der Waals surface area contributed by atoms with Gasteiger partial charge >= 0.3 is 0 Å². The van der Waals surface area contributed by atoms with Crippen molar-refractivity contribution in [2.45, 2.75) is 23.6 Å². The molecule has 0 saturated heterocycles. The fourth-order valence-electron chi connectivity index (χ4n) is 4.56. The Morgan fingerprint density at radius 1 is 1.00 bits per heavy atom. The molecule has 0 saturated carbocycles. The van der Waals surface area contributed by atoms with Crippen LogP contribution in [0.25, 0.3) is 0 Å². The number of anilines is 1. The average Bonchev–Trinajstić information content (AvgIpc) is 3.55. The number of benzene rings is 3. The molecular weight excluding hydrogens is 500 g/mol. The van der Waals surface area contributed by atoms with E-state index in [0.717, 1.165) is 59.5 Å². The van der Waals surface area contributed by atoms with E-state index in [1.807, 2.05) is 49.0 Å². The number of nitrogens with zero attached hydrogens (tertiary/aromatic N) is 2. The Morgan fingerprint density at radius 3 is 2.66 bits per heavy atom. The second kappa shape index (κ2) is 11.9. The van der Waals surface area contributed by atoms with Crippen LogP contribution in [0, 0.1) is 0 Å². The highest BCUT2D eigenvalue weighted by Gasteiger charge is 2.34. The Balaban J connectivity index is 1.14. The summed E-state index contributed by atoms with van der Waals surface area (Å²) < 4.78 is 28.5. The smallest absolute Gasteiger partial charge is 0.231 e. The Kier molecular flexibility index (Phi) is 8.20. The molecule has 3 aromatic rings. The lowest BCUT2D eigenvalue weighted by molar-refractivity contribution is 0.173. The first kappa shape index (κ1) is 26.1. The van der Waals surface area contributed by atoms with Gasteiger partial charge in [-0.15, -0.1) is 0 Å². The highest BCUT2D eigenvalue weighted by Crippen LogP contribution is 2.54. The average molecular weight is 535 g/mol. The zero-order valence-corrected chi connectivity index (χ0v) is 23.0. The third kappa shape index (κ3) is 5.81. The minimum absolute atomic E-state index is 0.0333. The summed E-state index contributed by atoms with van der Waals surface area (Å²) >= 11 is 1.81. The van der Waals surface area contributed by atoms with Gasteiger partial charge in [-0.25, -0.2) is 0 Å². The molecule has 0 spiro atoms. The zero-order chi connectivity index (χ0) is 26.5. The first-order valence-electron chi connectivity index (χ1n) is 12.8. The van der Waals surface area contributed by atoms with Crippen LogP contribution >= 0.6 is 11.8 Å². The SMILES string of the molecule is C=C(C)N1c2ccccc2S[C@@H]1c1cc(OC)ccc1OCCCN(C)CCOc1ccc2c(c1)OCO2. The molecule has 38 heavy (non-hydrogen) atoms. The Morgan fingerprint density at radius 2 is 1.82 bits per heavy atom. The lowest BCUT2D eigenvalue weighted by atomic mass is 10.1. The van der Waals surface area contributed by atoms with Crippen LogP contribution in [0.1, 0.15) is 24.3 Å². The van der Waals surface area contributed by atoms with Gasteiger partial charge in [0.15, 0.2) is 11.5 Å². The van der Waals surface area contributed by atoms with Crippen LogP contribution in [0.3, 0.4) is 0 Å². The highest BCUT2D eigenvalue weighted by atomic mass is 32.2. The summed E-state index contributed by atoms with van der Waals surface area (Å²) in [4.78, 5) is 5.76. The topological polar surface area (TPSA) is 52.6 Å². The molecule has 2 aliphatic heterocycles. The van der Waals surface area contributed by atoms with Gasteiger partial charge in [0, 0.05) is 35.3 Å². The van der Waals surface area contributed by atoms with Crippen molar-refractivity contribution >= 4 is 17.4 Å². The van der Waals surface area contributed by atoms with E-state index in [4.69, 9.17) is 23.7 Å². The number of para-hydroxylation sites is 1. The van der Waals surface area contributed by atoms with Crippen molar-refractivity contribution in [1.29, 1.82) is 0 Å². The molecule has 0 aliphatic carbocycles. The number of thioether (sulfide) groups is 1. The predicted molar refractivity (Wildman–Crippen MR) is 151 cm³/mol. The molecule has 7 nitrogen and oxygen atoms in total. The van der Waals surface area contributed by atoms with Crippen molar-refractivity contribution in [3.63, 3.8) is 0 Å². The Bertz CT molecular complexity index is 1280. The summed E-state index contributed by atoms with van der Waals surface area (Å²) in [6.45, 7) is 9.48. The maximum absolute atomic E-state index is 6.33. The van der Waals surface area contributed by atoms with Crippen LogP contribution in [0.5, 0.6) is 28.7 Å². The first-order valence-corrected chi connectivity index (χ1v) is 13.6. The zero-order valence-electron chi connectivity index (χ0n) is 22.1. The molecule has 0 unspecified atom stereocenters. The number of hydrogen-bond acceptors (Lipinski definition) is 8. The van der Waals surface area contributed by atoms with E-state index in [1.54, 1.807) is 7.11 Å². The van der Waals surface area contributed by atoms with Crippen LogP contribution in [-0.2, 0) is 0 Å². The quantitative estimate of drug-likeness (QED) is 0.249. The Labute approximate surface area is 228 Å². The minimum atomic E-state index is 0.0333. The summed E-state index contributed by atoms with van der Waals surface area (Å²) in [6.07, 6.45) is 0.897. The van der Waals surface area contributed by atoms with Crippen LogP contribution in [-0.4, -0.2) is 52.2 Å². The van der Waals surface area contributed by atoms with Gasteiger partial charge in [0.2, 0.25) is 6.79 Å². The van der Waals surface area contributed by atoms with E-state index in [1.165, 1.54) is 10.6 Å². The summed E-state index contributed by atoms with van der Waals surface area (Å²) in [5, 5.41) is 0.0333. The van der Waals surface area contributed by atoms with E-state index < -0.39 is 0 Å². The monoisotopic (exact) mass is 534 g/mol. The van der Waals surface area contributed by atoms with Crippen LogP contribution < -0.4 is 28.6 Å². The molecule has 0 N–H and O–H groups in total. The van der Waals surface area contributed by atoms with Gasteiger partial charge in [0.1, 0.15) is 29.2 Å². The van der Waals surface area contributed by atoms with Gasteiger partial charge in [0.05, 0.1) is 19.4 Å². The fraction of sp³-hybridized carbons (Fsp3) is 0.333. The van der Waals surface area contributed by atoms with Crippen molar-refractivity contribution in [2.75, 3.05) is 52.2 Å². The molecule has 2 aliphatic rings. The molecule has 0 amide bonds. The van der Waals surface area contributed by atoms with Crippen molar-refractivity contribution < 1.29 is 23.7 Å². The van der Waals surface area contributed by atoms with Gasteiger partial charge in [-0.2, -0.15) is 0 Å². The normalized spacial score (nSPS) is 15.5. The van der Waals surface area contributed by atoms with E-state index >= 15 is 0 Å². The molecule has 200 valence electrons. The molecule has 0 aromatic heterocycles. The highest BCUT2D eigenvalue weighted by molar-refractivity contribution is 8.00. The molecule has 2 heterocycles. The largest absolute Gasteiger partial charge is 0.497 e. The second-order valence-electron chi connectivity index (χ2n) is 9.32. The van der Waals surface area contributed by atoms with E-state index in [0.29, 0.717) is 13.2 Å². The standard InChI is InChI=1S/C30H34N2O5S/c1-21(2)32-25-8-5-6-9-29(25)38-30(32)24-18-22(33-4)10-12-26(24)35-16-7-14-31(3)15-17-34-23-11-13-27-28(19-23)37-20-36-27/h5-6,8-13,18-19,30H,1,7,14-17,20H2,2-4H3/t30-/m1/s1. The number of methoxy groups -OCH3 is 1. The lowest BCUT2D eigenvalue weighted by Crippen LogP contribution is -2.26. The van der Waals surface area contributed by atoms with Gasteiger partial charge in [-0.1, -0.05) is 30.5 Å². The Hall–Kier alpha value is -3.49. The maximum Gasteiger partial charge on any atom is 0.231 e. The fourth-order valence-corrected chi connectivity index (χ4v) is 5.95. The van der Waals surface area contributed by atoms with Gasteiger partial charge in [0.25, 0.3) is 0 Å². The number of likely N-dealkylation sites (N-methyl/N-ethyl adjacent to an activating group) is 1. The number of rotatable bonds is 12. The van der Waals surface area contributed by atoms with E-state index in [-0.39, 0.29) is 12.2 Å². The summed E-state index contributed by atoms with van der Waals surface area (Å²) in [7, 11) is 3.79. The van der Waals surface area contributed by atoms with Crippen LogP contribution in [0.4, 0.5) is 5.69 Å². The molecule has 0 bridgehead atoms. The third-order valence-corrected chi connectivity index (χ3v) is 7.81. The van der Waals surface area contributed by atoms with Crippen molar-refractivity contribution in [1.82, 2.24) is 4.90 Å². The summed E-state index contributed by atoms with van der Waals surface area (Å²) in [5.74, 6) is 3.97. The molecule has 3 aromatic carbocycles. The van der Waals surface area contributed by atoms with Crippen molar-refractivity contribution in [3.05, 3.63) is 78.5 Å². The van der Waals surface area contributed by atoms with E-state index in [9.17, 15) is 0 Å². The molecule has 0 radical (unpaired) electrons. The predicted octanol–water partition coefficient (Wildman–Crippen LogP) is 6.35. The number of fused-ring (bicyclic) bond motifs is 2. The van der Waals surface area contributed by atoms with E-state index in [2.05, 4.69) is 53.8 Å². The van der Waals surface area contributed by atoms with Crippen molar-refractivity contribution in [2.24, 2.45) is 0 Å². The molecule has 5 rings (SSSR count). The van der Waals surface area contributed by atoms with Crippen LogP contribution in [0.2, 0.25) is 0 Å². The maximum atomic E-state index is 6.33. The molecule has 1 atom stereocenters. The van der Waals surface area contributed by atoms with Crippen molar-refractivity contribution in [3.8, 4) is 28.7 Å². The number of ether oxygens (including phenoxy) is 5. The number of allylic oxidation sites excluding steroid dienone is 1. The summed E-state index contributed by atoms with van der Waals surface area (Å²) in [5.41, 5.74) is 3.25. The second-order valence-corrected chi connectivity index (χ2v) is 10.4. The minimum Gasteiger partial charge on any atom is -0.497 e. The van der Waals surface area contributed by atoms with Gasteiger partial charge < -0.3 is 33.5 Å². The first-order chi connectivity index (χ1) is 18.5. The van der Waals surface area contributed by atoms with Gasteiger partial charge in [-0.05, 0) is 62.9 Å². The number of hydrogen-bond donors (Lipinski definition) is 0. The summed E-state index contributed by atoms with van der Waals surface area (Å²) in [6, 6.07) is 20.1. The third-order valence-electron chi connectivity index (χ3n) is 6.52. The lowest BCUT2D eigenvalue weighted by Gasteiger charge is -2.28. The molecule has 8 heteroatoms. The molecule has 0 fully saturated rings.